The van der Waals surface area contributed by atoms with E-state index < -0.39 is 5.97 Å². The van der Waals surface area contributed by atoms with E-state index in [1.165, 1.54) is 0 Å². The highest BCUT2D eigenvalue weighted by Gasteiger charge is 2.41. The third kappa shape index (κ3) is 3.95. The highest BCUT2D eigenvalue weighted by Crippen LogP contribution is 2.39. The van der Waals surface area contributed by atoms with Gasteiger partial charge in [0.15, 0.2) is 0 Å². The van der Waals surface area contributed by atoms with E-state index in [9.17, 15) is 9.59 Å². The van der Waals surface area contributed by atoms with Gasteiger partial charge in [0, 0.05) is 25.0 Å². The largest absolute Gasteiger partial charge is 0.481 e. The minimum Gasteiger partial charge on any atom is -0.481 e. The Hall–Kier alpha value is -1.10. The first-order valence-corrected chi connectivity index (χ1v) is 7.84. The van der Waals surface area contributed by atoms with Crippen LogP contribution in [0.4, 0.5) is 0 Å². The lowest BCUT2D eigenvalue weighted by Crippen LogP contribution is -2.48. The summed E-state index contributed by atoms with van der Waals surface area (Å²) in [5, 5.41) is 11.9. The summed E-state index contributed by atoms with van der Waals surface area (Å²) in [6.07, 6.45) is 6.50. The number of fused-ring (bicyclic) bond motifs is 2. The summed E-state index contributed by atoms with van der Waals surface area (Å²) in [6.45, 7) is 3.36. The molecule has 2 aliphatic rings. The lowest BCUT2D eigenvalue weighted by molar-refractivity contribution is -0.139. The van der Waals surface area contributed by atoms with Crippen molar-refractivity contribution in [2.24, 2.45) is 5.92 Å². The summed E-state index contributed by atoms with van der Waals surface area (Å²) in [5.74, 6) is -0.281. The molecule has 0 saturated carbocycles. The Balaban J connectivity index is 1.80. The Kier molecular flexibility index (Phi) is 5.40. The first kappa shape index (κ1) is 15.3. The van der Waals surface area contributed by atoms with Gasteiger partial charge in [-0.2, -0.15) is 0 Å². The predicted molar refractivity (Wildman–Crippen MR) is 76.4 cm³/mol. The zero-order chi connectivity index (χ0) is 14.5. The SMILES string of the molecule is CCCCNC(=O)CN1C2CCC1CC(CC(=O)O)C2. The van der Waals surface area contributed by atoms with Crippen LogP contribution in [0.3, 0.4) is 0 Å². The molecule has 0 spiro atoms. The average molecular weight is 282 g/mol. The van der Waals surface area contributed by atoms with Gasteiger partial charge in [0.05, 0.1) is 6.54 Å². The van der Waals surface area contributed by atoms with Gasteiger partial charge in [-0.15, -0.1) is 0 Å². The summed E-state index contributed by atoms with van der Waals surface area (Å²) >= 11 is 0. The molecule has 0 aromatic heterocycles. The van der Waals surface area contributed by atoms with Crippen molar-refractivity contribution >= 4 is 11.9 Å². The summed E-state index contributed by atoms with van der Waals surface area (Å²) in [4.78, 5) is 25.1. The Morgan fingerprint density at radius 1 is 1.25 bits per heavy atom. The van der Waals surface area contributed by atoms with Crippen molar-refractivity contribution in [2.45, 2.75) is 64.0 Å². The molecule has 5 nitrogen and oxygen atoms in total. The molecule has 2 N–H and O–H groups in total. The van der Waals surface area contributed by atoms with Gasteiger partial charge in [0.25, 0.3) is 0 Å². The molecule has 2 atom stereocenters. The van der Waals surface area contributed by atoms with Gasteiger partial charge >= 0.3 is 5.97 Å². The van der Waals surface area contributed by atoms with Gasteiger partial charge in [-0.3, -0.25) is 14.5 Å². The standard InChI is InChI=1S/C15H26N2O3/c1-2-3-6-16-14(18)10-17-12-4-5-13(17)8-11(7-12)9-15(19)20/h11-13H,2-10H2,1H3,(H,16,18)(H,19,20). The van der Waals surface area contributed by atoms with Crippen LogP contribution in [0.15, 0.2) is 0 Å². The highest BCUT2D eigenvalue weighted by molar-refractivity contribution is 5.78. The Bertz CT molecular complexity index is 345. The fourth-order valence-corrected chi connectivity index (χ4v) is 3.68. The maximum atomic E-state index is 11.9. The van der Waals surface area contributed by atoms with E-state index in [2.05, 4.69) is 17.1 Å². The van der Waals surface area contributed by atoms with E-state index in [0.29, 0.717) is 24.5 Å². The lowest BCUT2D eigenvalue weighted by atomic mass is 9.88. The molecule has 5 heteroatoms. The number of carbonyl (C=O) groups is 2. The second-order valence-corrected chi connectivity index (χ2v) is 6.20. The number of amides is 1. The summed E-state index contributed by atoms with van der Waals surface area (Å²) in [6, 6.07) is 0.824. The topological polar surface area (TPSA) is 69.6 Å². The number of piperidine rings is 1. The van der Waals surface area contributed by atoms with Gasteiger partial charge < -0.3 is 10.4 Å². The van der Waals surface area contributed by atoms with Crippen molar-refractivity contribution < 1.29 is 14.7 Å². The molecular weight excluding hydrogens is 256 g/mol. The minimum atomic E-state index is -0.694. The Morgan fingerprint density at radius 3 is 2.45 bits per heavy atom. The predicted octanol–water partition coefficient (Wildman–Crippen LogP) is 1.62. The number of carboxylic acids is 1. The third-order valence-corrected chi connectivity index (χ3v) is 4.62. The summed E-state index contributed by atoms with van der Waals surface area (Å²) in [7, 11) is 0. The Labute approximate surface area is 120 Å². The first-order chi connectivity index (χ1) is 9.60. The van der Waals surface area contributed by atoms with Crippen LogP contribution in [0.2, 0.25) is 0 Å². The zero-order valence-corrected chi connectivity index (χ0v) is 12.3. The minimum absolute atomic E-state index is 0.118. The van der Waals surface area contributed by atoms with Crippen molar-refractivity contribution in [3.8, 4) is 0 Å². The molecule has 2 saturated heterocycles. The number of nitrogens with one attached hydrogen (secondary N) is 1. The average Bonchev–Trinajstić information content (AvgIpc) is 2.60. The fraction of sp³-hybridized carbons (Fsp3) is 0.867. The van der Waals surface area contributed by atoms with Crippen LogP contribution in [0.1, 0.15) is 51.9 Å². The van der Waals surface area contributed by atoms with E-state index in [-0.39, 0.29) is 12.3 Å². The smallest absolute Gasteiger partial charge is 0.303 e. The molecule has 20 heavy (non-hydrogen) atoms. The molecule has 2 aliphatic heterocycles. The van der Waals surface area contributed by atoms with Crippen molar-refractivity contribution in [1.82, 2.24) is 10.2 Å². The van der Waals surface area contributed by atoms with E-state index in [0.717, 1.165) is 45.1 Å². The van der Waals surface area contributed by atoms with Crippen LogP contribution in [0.25, 0.3) is 0 Å². The lowest BCUT2D eigenvalue weighted by Gasteiger charge is -2.38. The summed E-state index contributed by atoms with van der Waals surface area (Å²) in [5.41, 5.74) is 0. The maximum Gasteiger partial charge on any atom is 0.303 e. The zero-order valence-electron chi connectivity index (χ0n) is 12.3. The van der Waals surface area contributed by atoms with Crippen LogP contribution >= 0.6 is 0 Å². The van der Waals surface area contributed by atoms with Gasteiger partial charge in [0.2, 0.25) is 5.91 Å². The van der Waals surface area contributed by atoms with Gasteiger partial charge in [0.1, 0.15) is 0 Å². The van der Waals surface area contributed by atoms with Crippen molar-refractivity contribution in [1.29, 1.82) is 0 Å². The van der Waals surface area contributed by atoms with Crippen LogP contribution in [0, 0.1) is 5.92 Å². The van der Waals surface area contributed by atoms with E-state index in [4.69, 9.17) is 5.11 Å². The van der Waals surface area contributed by atoms with E-state index in [1.54, 1.807) is 0 Å². The second-order valence-electron chi connectivity index (χ2n) is 6.20. The molecule has 2 bridgehead atoms. The second kappa shape index (κ2) is 7.07. The number of carbonyl (C=O) groups excluding carboxylic acids is 1. The number of rotatable bonds is 7. The van der Waals surface area contributed by atoms with Gasteiger partial charge in [-0.05, 0) is 38.0 Å². The molecule has 2 unspecified atom stereocenters. The van der Waals surface area contributed by atoms with Crippen LogP contribution in [-0.4, -0.2) is 47.1 Å². The molecule has 2 heterocycles. The highest BCUT2D eigenvalue weighted by atomic mass is 16.4. The molecule has 2 fully saturated rings. The number of hydrogen-bond donors (Lipinski definition) is 2. The number of unbranched alkanes of at least 4 members (excludes halogenated alkanes) is 1. The molecule has 0 radical (unpaired) electrons. The van der Waals surface area contributed by atoms with Crippen LogP contribution in [-0.2, 0) is 9.59 Å². The molecule has 1 amide bonds. The van der Waals surface area contributed by atoms with Crippen molar-refractivity contribution in [3.63, 3.8) is 0 Å². The van der Waals surface area contributed by atoms with E-state index >= 15 is 0 Å². The normalized spacial score (nSPS) is 29.4. The molecular formula is C15H26N2O3. The molecule has 0 aliphatic carbocycles. The van der Waals surface area contributed by atoms with Gasteiger partial charge in [-0.1, -0.05) is 13.3 Å². The first-order valence-electron chi connectivity index (χ1n) is 7.84. The Morgan fingerprint density at radius 2 is 1.90 bits per heavy atom. The number of aliphatic carboxylic acids is 1. The maximum absolute atomic E-state index is 11.9. The van der Waals surface area contributed by atoms with Gasteiger partial charge in [-0.25, -0.2) is 0 Å². The van der Waals surface area contributed by atoms with Crippen LogP contribution in [0.5, 0.6) is 0 Å². The molecule has 0 aromatic carbocycles. The number of hydrogen-bond acceptors (Lipinski definition) is 3. The third-order valence-electron chi connectivity index (χ3n) is 4.62. The number of nitrogens with zero attached hydrogens (tertiary/aromatic N) is 1. The summed E-state index contributed by atoms with van der Waals surface area (Å²) < 4.78 is 0. The monoisotopic (exact) mass is 282 g/mol. The van der Waals surface area contributed by atoms with Crippen molar-refractivity contribution in [2.75, 3.05) is 13.1 Å². The molecule has 114 valence electrons. The molecule has 0 aromatic rings. The van der Waals surface area contributed by atoms with Crippen LogP contribution < -0.4 is 5.32 Å². The fourth-order valence-electron chi connectivity index (χ4n) is 3.68. The van der Waals surface area contributed by atoms with Crippen molar-refractivity contribution in [3.05, 3.63) is 0 Å². The quantitative estimate of drug-likeness (QED) is 0.696. The molecule has 2 rings (SSSR count). The van der Waals surface area contributed by atoms with E-state index in [1.807, 2.05) is 0 Å². The number of carboxylic acid groups (broad SMARTS) is 1.